The molecule has 0 spiro atoms. The molecule has 0 aliphatic rings. The predicted octanol–water partition coefficient (Wildman–Crippen LogP) is 1.49. The van der Waals surface area contributed by atoms with Gasteiger partial charge < -0.3 is 9.88 Å². The minimum Gasteiger partial charge on any atom is -0.333 e. The molecule has 0 fully saturated rings. The molecule has 0 saturated heterocycles. The second-order valence-corrected chi connectivity index (χ2v) is 6.75. The summed E-state index contributed by atoms with van der Waals surface area (Å²) in [4.78, 5) is 4.21. The van der Waals surface area contributed by atoms with Gasteiger partial charge in [0.2, 0.25) is 0 Å². The van der Waals surface area contributed by atoms with E-state index in [-0.39, 0.29) is 10.8 Å². The van der Waals surface area contributed by atoms with E-state index in [1.807, 2.05) is 26.5 Å². The molecule has 0 saturated carbocycles. The standard InChI is InChI=1S/C12H23N3OS/c1-10(17(5)16)6-7-15-9-14-8-11(15)12(2,3)13-4/h8-10,13H,6-7H2,1-5H3. The number of nitrogens with one attached hydrogen (secondary N) is 1. The van der Waals surface area contributed by atoms with Gasteiger partial charge in [0.1, 0.15) is 0 Å². The molecule has 17 heavy (non-hydrogen) atoms. The van der Waals surface area contributed by atoms with Gasteiger partial charge in [0.05, 0.1) is 17.6 Å². The summed E-state index contributed by atoms with van der Waals surface area (Å²) in [5.74, 6) is 0. The van der Waals surface area contributed by atoms with E-state index < -0.39 is 10.8 Å². The van der Waals surface area contributed by atoms with Crippen LogP contribution in [0.2, 0.25) is 0 Å². The molecule has 0 bridgehead atoms. The monoisotopic (exact) mass is 257 g/mol. The van der Waals surface area contributed by atoms with Crippen molar-refractivity contribution in [2.45, 2.75) is 44.5 Å². The van der Waals surface area contributed by atoms with Gasteiger partial charge in [-0.05, 0) is 27.3 Å². The minimum absolute atomic E-state index is 0.0922. The number of aryl methyl sites for hydroxylation is 1. The maximum Gasteiger partial charge on any atom is 0.0948 e. The topological polar surface area (TPSA) is 46.9 Å². The van der Waals surface area contributed by atoms with Crippen molar-refractivity contribution >= 4 is 10.8 Å². The number of hydrogen-bond acceptors (Lipinski definition) is 3. The fraction of sp³-hybridized carbons (Fsp3) is 0.750. The van der Waals surface area contributed by atoms with Crippen molar-refractivity contribution in [2.24, 2.45) is 0 Å². The lowest BCUT2D eigenvalue weighted by Crippen LogP contribution is -2.35. The van der Waals surface area contributed by atoms with Gasteiger partial charge in [-0.2, -0.15) is 0 Å². The highest BCUT2D eigenvalue weighted by molar-refractivity contribution is 7.84. The fourth-order valence-corrected chi connectivity index (χ4v) is 2.07. The Labute approximate surface area is 106 Å². The molecule has 1 aromatic heterocycles. The zero-order valence-corrected chi connectivity index (χ0v) is 12.2. The molecule has 0 aromatic carbocycles. The molecule has 5 heteroatoms. The van der Waals surface area contributed by atoms with Crippen LogP contribution in [0.15, 0.2) is 12.5 Å². The summed E-state index contributed by atoms with van der Waals surface area (Å²) in [5.41, 5.74) is 1.07. The van der Waals surface area contributed by atoms with Gasteiger partial charge in [-0.15, -0.1) is 0 Å². The average Bonchev–Trinajstić information content (AvgIpc) is 2.74. The largest absolute Gasteiger partial charge is 0.333 e. The fourth-order valence-electron chi connectivity index (χ4n) is 1.63. The molecule has 0 amide bonds. The van der Waals surface area contributed by atoms with E-state index in [0.29, 0.717) is 0 Å². The van der Waals surface area contributed by atoms with Crippen LogP contribution in [-0.2, 0) is 22.9 Å². The molecule has 2 atom stereocenters. The van der Waals surface area contributed by atoms with Crippen LogP contribution in [0.25, 0.3) is 0 Å². The Hall–Kier alpha value is -0.680. The lowest BCUT2D eigenvalue weighted by atomic mass is 10.0. The van der Waals surface area contributed by atoms with Crippen molar-refractivity contribution in [2.75, 3.05) is 13.3 Å². The summed E-state index contributed by atoms with van der Waals surface area (Å²) in [6.45, 7) is 7.14. The first-order valence-corrected chi connectivity index (χ1v) is 7.52. The summed E-state index contributed by atoms with van der Waals surface area (Å²) in [6, 6.07) is 0. The Bertz CT molecular complexity index is 387. The maximum absolute atomic E-state index is 11.3. The van der Waals surface area contributed by atoms with Crippen molar-refractivity contribution in [3.05, 3.63) is 18.2 Å². The summed E-state index contributed by atoms with van der Waals surface area (Å²) in [7, 11) is 1.19. The van der Waals surface area contributed by atoms with Crippen LogP contribution in [0.4, 0.5) is 0 Å². The van der Waals surface area contributed by atoms with Crippen molar-refractivity contribution in [3.8, 4) is 0 Å². The number of rotatable bonds is 6. The van der Waals surface area contributed by atoms with Crippen molar-refractivity contribution in [3.63, 3.8) is 0 Å². The molecule has 4 nitrogen and oxygen atoms in total. The summed E-state index contributed by atoms with van der Waals surface area (Å²) >= 11 is 0. The van der Waals surface area contributed by atoms with Crippen LogP contribution in [0.5, 0.6) is 0 Å². The Kier molecular flexibility index (Phi) is 4.89. The third-order valence-electron chi connectivity index (χ3n) is 3.32. The second-order valence-electron chi connectivity index (χ2n) is 4.95. The second kappa shape index (κ2) is 5.78. The molecular formula is C12H23N3OS. The first kappa shape index (κ1) is 14.4. The van der Waals surface area contributed by atoms with E-state index in [1.54, 1.807) is 6.26 Å². The average molecular weight is 257 g/mol. The van der Waals surface area contributed by atoms with Crippen LogP contribution in [0.3, 0.4) is 0 Å². The first-order valence-electron chi connectivity index (χ1n) is 5.90. The zero-order valence-electron chi connectivity index (χ0n) is 11.4. The lowest BCUT2D eigenvalue weighted by Gasteiger charge is -2.25. The third-order valence-corrected chi connectivity index (χ3v) is 4.69. The lowest BCUT2D eigenvalue weighted by molar-refractivity contribution is 0.405. The number of aromatic nitrogens is 2. The van der Waals surface area contributed by atoms with E-state index in [4.69, 9.17) is 0 Å². The Balaban J connectivity index is 2.73. The van der Waals surface area contributed by atoms with Gasteiger partial charge in [0, 0.05) is 35.0 Å². The molecule has 1 rings (SSSR count). The zero-order chi connectivity index (χ0) is 13.1. The van der Waals surface area contributed by atoms with Gasteiger partial charge in [-0.1, -0.05) is 6.92 Å². The van der Waals surface area contributed by atoms with E-state index >= 15 is 0 Å². The van der Waals surface area contributed by atoms with Gasteiger partial charge in [-0.3, -0.25) is 4.21 Å². The van der Waals surface area contributed by atoms with Gasteiger partial charge in [0.25, 0.3) is 0 Å². The highest BCUT2D eigenvalue weighted by Gasteiger charge is 2.22. The predicted molar refractivity (Wildman–Crippen MR) is 72.5 cm³/mol. The summed E-state index contributed by atoms with van der Waals surface area (Å²) in [6.07, 6.45) is 6.41. The summed E-state index contributed by atoms with van der Waals surface area (Å²) in [5, 5.41) is 3.50. The molecule has 0 radical (unpaired) electrons. The number of nitrogens with zero attached hydrogens (tertiary/aromatic N) is 2. The molecule has 1 N–H and O–H groups in total. The van der Waals surface area contributed by atoms with E-state index in [1.165, 1.54) is 0 Å². The van der Waals surface area contributed by atoms with Crippen LogP contribution in [0.1, 0.15) is 32.9 Å². The van der Waals surface area contributed by atoms with Crippen molar-refractivity contribution in [1.29, 1.82) is 0 Å². The Morgan fingerprint density at radius 1 is 1.59 bits per heavy atom. The molecule has 2 unspecified atom stereocenters. The van der Waals surface area contributed by atoms with Crippen LogP contribution in [-0.4, -0.2) is 32.3 Å². The third kappa shape index (κ3) is 3.64. The minimum atomic E-state index is -0.751. The van der Waals surface area contributed by atoms with Crippen molar-refractivity contribution < 1.29 is 4.21 Å². The molecular weight excluding hydrogens is 234 g/mol. The quantitative estimate of drug-likeness (QED) is 0.840. The smallest absolute Gasteiger partial charge is 0.0948 e. The maximum atomic E-state index is 11.3. The van der Waals surface area contributed by atoms with Crippen LogP contribution < -0.4 is 5.32 Å². The van der Waals surface area contributed by atoms with E-state index in [9.17, 15) is 4.21 Å². The molecule has 98 valence electrons. The Morgan fingerprint density at radius 2 is 2.24 bits per heavy atom. The first-order chi connectivity index (χ1) is 7.88. The highest BCUT2D eigenvalue weighted by atomic mass is 32.2. The number of hydrogen-bond donors (Lipinski definition) is 1. The van der Waals surface area contributed by atoms with Gasteiger partial charge >= 0.3 is 0 Å². The molecule has 0 aliphatic carbocycles. The number of imidazole rings is 1. The molecule has 1 aromatic rings. The summed E-state index contributed by atoms with van der Waals surface area (Å²) < 4.78 is 13.5. The van der Waals surface area contributed by atoms with E-state index in [0.717, 1.165) is 18.7 Å². The SMILES string of the molecule is CNC(C)(C)c1cncn1CCC(C)S(C)=O. The van der Waals surface area contributed by atoms with Crippen molar-refractivity contribution in [1.82, 2.24) is 14.9 Å². The van der Waals surface area contributed by atoms with Crippen LogP contribution in [0, 0.1) is 0 Å². The Morgan fingerprint density at radius 3 is 2.76 bits per heavy atom. The van der Waals surface area contributed by atoms with Crippen LogP contribution >= 0.6 is 0 Å². The normalized spacial score (nSPS) is 15.8. The van der Waals surface area contributed by atoms with Gasteiger partial charge in [-0.25, -0.2) is 4.98 Å². The van der Waals surface area contributed by atoms with E-state index in [2.05, 4.69) is 28.7 Å². The highest BCUT2D eigenvalue weighted by Crippen LogP contribution is 2.19. The molecule has 1 heterocycles. The molecule has 0 aliphatic heterocycles. The van der Waals surface area contributed by atoms with Gasteiger partial charge in [0.15, 0.2) is 0 Å².